The van der Waals surface area contributed by atoms with Crippen LogP contribution in [0.5, 0.6) is 0 Å². The van der Waals surface area contributed by atoms with Crippen LogP contribution in [0.3, 0.4) is 0 Å². The Hall–Kier alpha value is -3.19. The Bertz CT molecular complexity index is 967. The Morgan fingerprint density at radius 3 is 2.50 bits per heavy atom. The molecule has 0 aliphatic rings. The minimum absolute atomic E-state index is 0.156. The number of aromatic nitrogens is 1. The lowest BCUT2D eigenvalue weighted by Crippen LogP contribution is -2.16. The van der Waals surface area contributed by atoms with E-state index in [2.05, 4.69) is 15.6 Å². The van der Waals surface area contributed by atoms with Crippen molar-refractivity contribution >= 4 is 35.0 Å². The summed E-state index contributed by atoms with van der Waals surface area (Å²) in [4.78, 5) is 28.5. The third kappa shape index (κ3) is 5.92. The van der Waals surface area contributed by atoms with Crippen molar-refractivity contribution in [2.75, 3.05) is 16.4 Å². The Balaban J connectivity index is 1.53. The zero-order valence-electron chi connectivity index (χ0n) is 14.9. The molecule has 0 aliphatic heterocycles. The molecule has 0 atom stereocenters. The number of carbonyl (C=O) groups excluding carboxylic acids is 2. The molecular formula is C21H18FN3O2S. The summed E-state index contributed by atoms with van der Waals surface area (Å²) in [5.41, 5.74) is 2.31. The smallest absolute Gasteiger partial charge is 0.255 e. The molecular weight excluding hydrogens is 377 g/mol. The first-order valence-corrected chi connectivity index (χ1v) is 9.69. The Morgan fingerprint density at radius 2 is 1.75 bits per heavy atom. The summed E-state index contributed by atoms with van der Waals surface area (Å²) in [5.74, 6) is 0.0122. The maximum Gasteiger partial charge on any atom is 0.255 e. The molecule has 0 spiro atoms. The lowest BCUT2D eigenvalue weighted by Gasteiger charge is -2.09. The normalized spacial score (nSPS) is 10.3. The van der Waals surface area contributed by atoms with Crippen molar-refractivity contribution in [1.82, 2.24) is 4.98 Å². The van der Waals surface area contributed by atoms with E-state index in [1.54, 1.807) is 42.7 Å². The van der Waals surface area contributed by atoms with Crippen molar-refractivity contribution in [2.45, 2.75) is 5.75 Å². The van der Waals surface area contributed by atoms with Gasteiger partial charge in [-0.15, -0.1) is 11.8 Å². The van der Waals surface area contributed by atoms with Crippen LogP contribution in [0.4, 0.5) is 15.8 Å². The van der Waals surface area contributed by atoms with E-state index in [0.29, 0.717) is 22.7 Å². The Morgan fingerprint density at radius 1 is 0.964 bits per heavy atom. The van der Waals surface area contributed by atoms with Gasteiger partial charge in [0.2, 0.25) is 5.91 Å². The fraction of sp³-hybridized carbons (Fsp3) is 0.0952. The summed E-state index contributed by atoms with van der Waals surface area (Å²) in [6.07, 6.45) is 3.48. The first kappa shape index (κ1) is 19.6. The van der Waals surface area contributed by atoms with Gasteiger partial charge in [-0.1, -0.05) is 18.2 Å². The summed E-state index contributed by atoms with van der Waals surface area (Å²) in [5, 5.41) is 5.41. The van der Waals surface area contributed by atoms with Crippen molar-refractivity contribution in [3.63, 3.8) is 0 Å². The van der Waals surface area contributed by atoms with E-state index < -0.39 is 5.82 Å². The van der Waals surface area contributed by atoms with Crippen LogP contribution in [0.15, 0.2) is 73.1 Å². The quantitative estimate of drug-likeness (QED) is 0.624. The molecule has 7 heteroatoms. The molecule has 28 heavy (non-hydrogen) atoms. The topological polar surface area (TPSA) is 71.1 Å². The minimum Gasteiger partial charge on any atom is -0.325 e. The number of hydrogen-bond donors (Lipinski definition) is 2. The van der Waals surface area contributed by atoms with Crippen LogP contribution >= 0.6 is 11.8 Å². The summed E-state index contributed by atoms with van der Waals surface area (Å²) in [7, 11) is 0. The summed E-state index contributed by atoms with van der Waals surface area (Å²) < 4.78 is 13.2. The predicted molar refractivity (Wildman–Crippen MR) is 110 cm³/mol. The largest absolute Gasteiger partial charge is 0.325 e. The second-order valence-electron chi connectivity index (χ2n) is 5.95. The van der Waals surface area contributed by atoms with E-state index >= 15 is 0 Å². The first-order valence-electron chi connectivity index (χ1n) is 8.53. The van der Waals surface area contributed by atoms with Crippen molar-refractivity contribution in [3.05, 3.63) is 90.0 Å². The fourth-order valence-electron chi connectivity index (χ4n) is 2.45. The number of carbonyl (C=O) groups is 2. The van der Waals surface area contributed by atoms with Crippen molar-refractivity contribution < 1.29 is 14.0 Å². The van der Waals surface area contributed by atoms with Gasteiger partial charge in [-0.25, -0.2) is 4.39 Å². The molecule has 2 amide bonds. The summed E-state index contributed by atoms with van der Waals surface area (Å²) in [6, 6.07) is 16.1. The van der Waals surface area contributed by atoms with Gasteiger partial charge in [-0.05, 0) is 48.0 Å². The highest BCUT2D eigenvalue weighted by atomic mass is 32.2. The molecule has 3 rings (SSSR count). The van der Waals surface area contributed by atoms with Crippen LogP contribution in [0.25, 0.3) is 0 Å². The molecule has 5 nitrogen and oxygen atoms in total. The molecule has 0 bridgehead atoms. The number of halogens is 1. The minimum atomic E-state index is -0.428. The van der Waals surface area contributed by atoms with Gasteiger partial charge in [-0.3, -0.25) is 14.6 Å². The van der Waals surface area contributed by atoms with Crippen molar-refractivity contribution in [3.8, 4) is 0 Å². The number of pyridine rings is 1. The molecule has 2 N–H and O–H groups in total. The van der Waals surface area contributed by atoms with Crippen molar-refractivity contribution in [1.29, 1.82) is 0 Å². The zero-order valence-corrected chi connectivity index (χ0v) is 15.7. The van der Waals surface area contributed by atoms with Gasteiger partial charge < -0.3 is 10.6 Å². The van der Waals surface area contributed by atoms with Gasteiger partial charge in [-0.2, -0.15) is 0 Å². The number of thioether (sulfide) groups is 1. The number of hydrogen-bond acceptors (Lipinski definition) is 4. The van der Waals surface area contributed by atoms with Crippen LogP contribution in [0.2, 0.25) is 0 Å². The summed E-state index contributed by atoms with van der Waals surface area (Å²) >= 11 is 1.48. The van der Waals surface area contributed by atoms with Crippen LogP contribution in [-0.4, -0.2) is 22.6 Å². The lowest BCUT2D eigenvalue weighted by atomic mass is 10.2. The highest BCUT2D eigenvalue weighted by Crippen LogP contribution is 2.16. The third-order valence-electron chi connectivity index (χ3n) is 3.72. The van der Waals surface area contributed by atoms with Gasteiger partial charge in [0, 0.05) is 35.1 Å². The molecule has 0 aliphatic carbocycles. The third-order valence-corrected chi connectivity index (χ3v) is 4.72. The number of amides is 2. The maximum atomic E-state index is 13.2. The van der Waals surface area contributed by atoms with Gasteiger partial charge in [0.25, 0.3) is 5.91 Å². The van der Waals surface area contributed by atoms with E-state index in [1.807, 2.05) is 12.1 Å². The van der Waals surface area contributed by atoms with Gasteiger partial charge in [0.05, 0.1) is 5.75 Å². The second kappa shape index (κ2) is 9.66. The van der Waals surface area contributed by atoms with Gasteiger partial charge >= 0.3 is 0 Å². The zero-order chi connectivity index (χ0) is 19.8. The molecule has 1 heterocycles. The first-order chi connectivity index (χ1) is 13.6. The van der Waals surface area contributed by atoms with Crippen LogP contribution in [-0.2, 0) is 10.5 Å². The average Bonchev–Trinajstić information content (AvgIpc) is 2.69. The highest BCUT2D eigenvalue weighted by molar-refractivity contribution is 7.99. The van der Waals surface area contributed by atoms with Gasteiger partial charge in [0.1, 0.15) is 5.82 Å². The van der Waals surface area contributed by atoms with Crippen LogP contribution in [0, 0.1) is 5.82 Å². The number of nitrogens with one attached hydrogen (secondary N) is 2. The molecule has 2 aromatic carbocycles. The molecule has 3 aromatic rings. The SMILES string of the molecule is O=C(CSCc1cccnc1)Nc1cccc(C(=O)Nc2cccc(F)c2)c1. The van der Waals surface area contributed by atoms with E-state index in [9.17, 15) is 14.0 Å². The number of rotatable bonds is 7. The van der Waals surface area contributed by atoms with E-state index in [0.717, 1.165) is 5.56 Å². The molecule has 1 aromatic heterocycles. The number of benzene rings is 2. The van der Waals surface area contributed by atoms with Crippen LogP contribution < -0.4 is 10.6 Å². The predicted octanol–water partition coefficient (Wildman–Crippen LogP) is 4.34. The molecule has 0 unspecified atom stereocenters. The molecule has 0 saturated carbocycles. The molecule has 0 fully saturated rings. The van der Waals surface area contributed by atoms with Crippen LogP contribution in [0.1, 0.15) is 15.9 Å². The van der Waals surface area contributed by atoms with E-state index in [4.69, 9.17) is 0 Å². The monoisotopic (exact) mass is 395 g/mol. The Labute approximate surface area is 166 Å². The lowest BCUT2D eigenvalue weighted by molar-refractivity contribution is -0.113. The summed E-state index contributed by atoms with van der Waals surface area (Å²) in [6.45, 7) is 0. The number of nitrogens with zero attached hydrogens (tertiary/aromatic N) is 1. The molecule has 0 saturated heterocycles. The van der Waals surface area contributed by atoms with E-state index in [1.165, 1.54) is 30.0 Å². The average molecular weight is 395 g/mol. The maximum absolute atomic E-state index is 13.2. The number of anilines is 2. The Kier molecular flexibility index (Phi) is 6.75. The second-order valence-corrected chi connectivity index (χ2v) is 6.93. The van der Waals surface area contributed by atoms with E-state index in [-0.39, 0.29) is 17.6 Å². The molecule has 0 radical (unpaired) electrons. The van der Waals surface area contributed by atoms with Crippen molar-refractivity contribution in [2.24, 2.45) is 0 Å². The fourth-order valence-corrected chi connectivity index (χ4v) is 3.22. The van der Waals surface area contributed by atoms with Gasteiger partial charge in [0.15, 0.2) is 0 Å². The standard InChI is InChI=1S/C21H18FN3O2S/c22-17-6-2-8-19(11-17)25-21(27)16-5-1-7-18(10-16)24-20(26)14-28-13-15-4-3-9-23-12-15/h1-12H,13-14H2,(H,24,26)(H,25,27). The highest BCUT2D eigenvalue weighted by Gasteiger charge is 2.09. The molecule has 142 valence electrons.